The van der Waals surface area contributed by atoms with Gasteiger partial charge in [-0.25, -0.2) is 5.43 Å². The third kappa shape index (κ3) is 3.63. The van der Waals surface area contributed by atoms with Crippen LogP contribution in [0.25, 0.3) is 16.6 Å². The number of aromatic hydroxyl groups is 2. The summed E-state index contributed by atoms with van der Waals surface area (Å²) in [5, 5.41) is 25.2. The Morgan fingerprint density at radius 3 is 2.33 bits per heavy atom. The lowest BCUT2D eigenvalue weighted by Crippen LogP contribution is -2.17. The lowest BCUT2D eigenvalue weighted by atomic mass is 10.1. The number of amides is 1. The zero-order valence-corrected chi connectivity index (χ0v) is 16.6. The Labute approximate surface area is 173 Å². The van der Waals surface area contributed by atoms with Crippen molar-refractivity contribution in [2.24, 2.45) is 5.10 Å². The van der Waals surface area contributed by atoms with Gasteiger partial charge in [0.15, 0.2) is 0 Å². The van der Waals surface area contributed by atoms with Crippen molar-refractivity contribution in [2.75, 3.05) is 0 Å². The van der Waals surface area contributed by atoms with Gasteiger partial charge in [0.25, 0.3) is 5.91 Å². The fourth-order valence-corrected chi connectivity index (χ4v) is 3.55. The predicted molar refractivity (Wildman–Crippen MR) is 118 cm³/mol. The minimum atomic E-state index is -0.413. The molecule has 0 aliphatic carbocycles. The highest BCUT2D eigenvalue weighted by Crippen LogP contribution is 2.33. The molecule has 0 bridgehead atoms. The highest BCUT2D eigenvalue weighted by Gasteiger charge is 2.17. The van der Waals surface area contributed by atoms with Crippen molar-refractivity contribution in [3.8, 4) is 17.3 Å². The minimum absolute atomic E-state index is 0.0452. The largest absolute Gasteiger partial charge is 0.508 e. The molecule has 0 unspecified atom stereocenters. The van der Waals surface area contributed by atoms with Gasteiger partial charge < -0.3 is 10.2 Å². The van der Waals surface area contributed by atoms with Gasteiger partial charge in [0, 0.05) is 16.6 Å². The number of aromatic nitrogens is 1. The Morgan fingerprint density at radius 2 is 1.63 bits per heavy atom. The summed E-state index contributed by atoms with van der Waals surface area (Å²) in [7, 11) is 0. The molecule has 0 radical (unpaired) electrons. The molecular formula is C24H21N3O3. The van der Waals surface area contributed by atoms with Gasteiger partial charge in [0.2, 0.25) is 5.88 Å². The maximum absolute atomic E-state index is 12.2. The van der Waals surface area contributed by atoms with Crippen molar-refractivity contribution in [3.63, 3.8) is 0 Å². The SMILES string of the molecule is Cc1cc(C)cc(-n2c(O)c(C=NNC(=O)c3ccc(O)cc3)c3ccccc32)c1. The molecule has 0 aliphatic heterocycles. The average Bonchev–Trinajstić information content (AvgIpc) is 2.99. The summed E-state index contributed by atoms with van der Waals surface area (Å²) in [4.78, 5) is 12.2. The third-order valence-corrected chi connectivity index (χ3v) is 4.84. The lowest BCUT2D eigenvalue weighted by Gasteiger charge is -2.09. The van der Waals surface area contributed by atoms with Gasteiger partial charge in [0.1, 0.15) is 5.75 Å². The van der Waals surface area contributed by atoms with Crippen LogP contribution in [0.15, 0.2) is 71.8 Å². The second-order valence-electron chi connectivity index (χ2n) is 7.18. The van der Waals surface area contributed by atoms with Crippen molar-refractivity contribution in [2.45, 2.75) is 13.8 Å². The summed E-state index contributed by atoms with van der Waals surface area (Å²) in [6, 6.07) is 19.6. The van der Waals surface area contributed by atoms with E-state index in [1.54, 1.807) is 4.57 Å². The van der Waals surface area contributed by atoms with Crippen molar-refractivity contribution < 1.29 is 15.0 Å². The number of hydrazone groups is 1. The van der Waals surface area contributed by atoms with Crippen molar-refractivity contribution in [1.82, 2.24) is 9.99 Å². The standard InChI is InChI=1S/C24H21N3O3/c1-15-11-16(2)13-18(12-15)27-22-6-4-3-5-20(22)21(24(27)30)14-25-26-23(29)17-7-9-19(28)10-8-17/h3-14,28,30H,1-2H3,(H,26,29). The van der Waals surface area contributed by atoms with Crippen molar-refractivity contribution >= 4 is 23.0 Å². The number of nitrogens with one attached hydrogen (secondary N) is 1. The number of nitrogens with zero attached hydrogens (tertiary/aromatic N) is 2. The highest BCUT2D eigenvalue weighted by molar-refractivity contribution is 6.04. The Kier molecular flexibility index (Phi) is 4.98. The van der Waals surface area contributed by atoms with Crippen LogP contribution in [0.5, 0.6) is 11.6 Å². The second-order valence-corrected chi connectivity index (χ2v) is 7.18. The normalized spacial score (nSPS) is 11.3. The molecule has 4 aromatic rings. The molecule has 3 aromatic carbocycles. The molecule has 0 fully saturated rings. The topological polar surface area (TPSA) is 86.9 Å². The summed E-state index contributed by atoms with van der Waals surface area (Å²) in [5.41, 5.74) is 7.22. The number of aryl methyl sites for hydroxylation is 2. The van der Waals surface area contributed by atoms with E-state index in [0.717, 1.165) is 27.7 Å². The van der Waals surface area contributed by atoms with E-state index >= 15 is 0 Å². The number of rotatable bonds is 4. The first kappa shape index (κ1) is 19.3. The summed E-state index contributed by atoms with van der Waals surface area (Å²) in [5.74, 6) is -0.285. The number of carbonyl (C=O) groups excluding carboxylic acids is 1. The number of carbonyl (C=O) groups is 1. The minimum Gasteiger partial charge on any atom is -0.508 e. The Morgan fingerprint density at radius 1 is 0.967 bits per heavy atom. The first-order valence-electron chi connectivity index (χ1n) is 9.47. The molecule has 4 rings (SSSR count). The fraction of sp³-hybridized carbons (Fsp3) is 0.0833. The van der Waals surface area contributed by atoms with E-state index in [4.69, 9.17) is 0 Å². The number of phenols is 1. The van der Waals surface area contributed by atoms with Gasteiger partial charge in [-0.2, -0.15) is 5.10 Å². The van der Waals surface area contributed by atoms with E-state index in [0.29, 0.717) is 11.1 Å². The van der Waals surface area contributed by atoms with Crippen LogP contribution in [0.2, 0.25) is 0 Å². The first-order chi connectivity index (χ1) is 14.4. The summed E-state index contributed by atoms with van der Waals surface area (Å²) in [6.45, 7) is 4.03. The highest BCUT2D eigenvalue weighted by atomic mass is 16.3. The molecular weight excluding hydrogens is 378 g/mol. The molecule has 6 heteroatoms. The maximum atomic E-state index is 12.2. The number of para-hydroxylation sites is 1. The zero-order valence-electron chi connectivity index (χ0n) is 16.6. The number of phenolic OH excluding ortho intramolecular Hbond substituents is 1. The Hall–Kier alpha value is -4.06. The molecule has 1 aromatic heterocycles. The van der Waals surface area contributed by atoms with Gasteiger partial charge in [-0.05, 0) is 67.4 Å². The van der Waals surface area contributed by atoms with E-state index in [2.05, 4.69) is 16.6 Å². The number of fused-ring (bicyclic) bond motifs is 1. The lowest BCUT2D eigenvalue weighted by molar-refractivity contribution is 0.0955. The second kappa shape index (κ2) is 7.75. The summed E-state index contributed by atoms with van der Waals surface area (Å²) >= 11 is 0. The number of hydrogen-bond acceptors (Lipinski definition) is 4. The van der Waals surface area contributed by atoms with Crippen LogP contribution in [0.3, 0.4) is 0 Å². The van der Waals surface area contributed by atoms with E-state index in [1.807, 2.05) is 50.2 Å². The molecule has 0 aliphatic rings. The summed E-state index contributed by atoms with van der Waals surface area (Å²) in [6.07, 6.45) is 1.44. The maximum Gasteiger partial charge on any atom is 0.271 e. The molecule has 0 saturated heterocycles. The monoisotopic (exact) mass is 399 g/mol. The Balaban J connectivity index is 1.71. The Bertz CT molecular complexity index is 1250. The van der Waals surface area contributed by atoms with Crippen LogP contribution in [-0.4, -0.2) is 26.9 Å². The molecule has 3 N–H and O–H groups in total. The van der Waals surface area contributed by atoms with Crippen LogP contribution in [-0.2, 0) is 0 Å². The van der Waals surface area contributed by atoms with Gasteiger partial charge in [-0.1, -0.05) is 24.3 Å². The third-order valence-electron chi connectivity index (χ3n) is 4.84. The molecule has 0 spiro atoms. The molecule has 1 amide bonds. The molecule has 6 nitrogen and oxygen atoms in total. The molecule has 150 valence electrons. The predicted octanol–water partition coefficient (Wildman–Crippen LogP) is 4.42. The molecule has 1 heterocycles. The van der Waals surface area contributed by atoms with Gasteiger partial charge >= 0.3 is 0 Å². The molecule has 0 atom stereocenters. The van der Waals surface area contributed by atoms with Crippen LogP contribution >= 0.6 is 0 Å². The first-order valence-corrected chi connectivity index (χ1v) is 9.47. The van der Waals surface area contributed by atoms with Gasteiger partial charge in [-0.3, -0.25) is 9.36 Å². The number of benzene rings is 3. The van der Waals surface area contributed by atoms with Crippen molar-refractivity contribution in [3.05, 3.63) is 89.0 Å². The number of hydrogen-bond donors (Lipinski definition) is 3. The van der Waals surface area contributed by atoms with E-state index in [-0.39, 0.29) is 11.6 Å². The van der Waals surface area contributed by atoms with Crippen LogP contribution in [0.1, 0.15) is 27.0 Å². The van der Waals surface area contributed by atoms with Crippen LogP contribution in [0, 0.1) is 13.8 Å². The molecule has 0 saturated carbocycles. The zero-order chi connectivity index (χ0) is 21.3. The van der Waals surface area contributed by atoms with Crippen LogP contribution < -0.4 is 5.43 Å². The van der Waals surface area contributed by atoms with E-state index in [9.17, 15) is 15.0 Å². The fourth-order valence-electron chi connectivity index (χ4n) is 3.55. The quantitative estimate of drug-likeness (QED) is 0.351. The van der Waals surface area contributed by atoms with Gasteiger partial charge in [-0.15, -0.1) is 0 Å². The summed E-state index contributed by atoms with van der Waals surface area (Å²) < 4.78 is 1.78. The van der Waals surface area contributed by atoms with Gasteiger partial charge in [0.05, 0.1) is 17.3 Å². The average molecular weight is 399 g/mol. The van der Waals surface area contributed by atoms with E-state index in [1.165, 1.54) is 30.5 Å². The van der Waals surface area contributed by atoms with E-state index < -0.39 is 5.91 Å². The molecule has 30 heavy (non-hydrogen) atoms. The smallest absolute Gasteiger partial charge is 0.271 e. The van der Waals surface area contributed by atoms with Crippen LogP contribution in [0.4, 0.5) is 0 Å². The van der Waals surface area contributed by atoms with Crippen molar-refractivity contribution in [1.29, 1.82) is 0 Å².